The summed E-state index contributed by atoms with van der Waals surface area (Å²) in [5, 5.41) is 40.5. The van der Waals surface area contributed by atoms with Gasteiger partial charge in [0.1, 0.15) is 18.0 Å². The van der Waals surface area contributed by atoms with Gasteiger partial charge in [-0.05, 0) is 61.2 Å². The van der Waals surface area contributed by atoms with Gasteiger partial charge in [-0.3, -0.25) is 0 Å². The van der Waals surface area contributed by atoms with Crippen molar-refractivity contribution in [2.75, 3.05) is 27.1 Å². The average molecular weight is 487 g/mol. The standard InChI is InChI=1S/C26H30O9/c1-31-22-8-14(3-2-6-32-21-11-17(12-27)23(28)25(30)24(21)29)7-16-10-19(35-26(16)22)15-4-5-18-20(9-15)34-13-33-18/h4-5,7-10,17,21,23-25,27-30H,2-3,6,11-13H2,1H3/t17-,21+,23+,24+,25-/m1/s1. The van der Waals surface area contributed by atoms with Crippen molar-refractivity contribution in [3.05, 3.63) is 42.0 Å². The van der Waals surface area contributed by atoms with Crippen LogP contribution < -0.4 is 14.2 Å². The average Bonchev–Trinajstić information content (AvgIpc) is 3.52. The number of rotatable bonds is 8. The van der Waals surface area contributed by atoms with Gasteiger partial charge < -0.3 is 43.8 Å². The van der Waals surface area contributed by atoms with Crippen LogP contribution in [0.15, 0.2) is 40.8 Å². The largest absolute Gasteiger partial charge is 0.493 e. The highest BCUT2D eigenvalue weighted by Crippen LogP contribution is 2.39. The highest BCUT2D eigenvalue weighted by molar-refractivity contribution is 5.88. The van der Waals surface area contributed by atoms with E-state index >= 15 is 0 Å². The van der Waals surface area contributed by atoms with Gasteiger partial charge >= 0.3 is 0 Å². The summed E-state index contributed by atoms with van der Waals surface area (Å²) in [7, 11) is 1.60. The van der Waals surface area contributed by atoms with E-state index in [0.29, 0.717) is 48.0 Å². The van der Waals surface area contributed by atoms with Crippen LogP contribution >= 0.6 is 0 Å². The Bertz CT molecular complexity index is 1170. The van der Waals surface area contributed by atoms with E-state index in [9.17, 15) is 20.4 Å². The molecule has 1 aliphatic heterocycles. The molecule has 3 aromatic rings. The van der Waals surface area contributed by atoms with Crippen molar-refractivity contribution in [3.63, 3.8) is 0 Å². The first-order valence-corrected chi connectivity index (χ1v) is 11.8. The maximum atomic E-state index is 10.2. The number of hydrogen-bond acceptors (Lipinski definition) is 9. The lowest BCUT2D eigenvalue weighted by Crippen LogP contribution is -2.55. The van der Waals surface area contributed by atoms with Crippen LogP contribution in [0.3, 0.4) is 0 Å². The molecule has 1 aliphatic carbocycles. The zero-order valence-electron chi connectivity index (χ0n) is 19.4. The molecule has 188 valence electrons. The number of aliphatic hydroxyl groups excluding tert-OH is 4. The fourth-order valence-corrected chi connectivity index (χ4v) is 4.81. The Balaban J connectivity index is 1.25. The number of benzene rings is 2. The van der Waals surface area contributed by atoms with Gasteiger partial charge in [0.25, 0.3) is 0 Å². The molecule has 0 unspecified atom stereocenters. The van der Waals surface area contributed by atoms with E-state index < -0.39 is 30.3 Å². The molecule has 9 heteroatoms. The van der Waals surface area contributed by atoms with Crippen molar-refractivity contribution in [3.8, 4) is 28.6 Å². The van der Waals surface area contributed by atoms with Crippen LogP contribution in [0.5, 0.6) is 17.2 Å². The Kier molecular flexibility index (Phi) is 6.86. The lowest BCUT2D eigenvalue weighted by Gasteiger charge is -2.39. The molecule has 2 aliphatic rings. The second-order valence-electron chi connectivity index (χ2n) is 9.06. The molecule has 5 atom stereocenters. The van der Waals surface area contributed by atoms with Crippen LogP contribution in [0.1, 0.15) is 18.4 Å². The van der Waals surface area contributed by atoms with Gasteiger partial charge in [-0.2, -0.15) is 0 Å². The minimum Gasteiger partial charge on any atom is -0.493 e. The van der Waals surface area contributed by atoms with Crippen molar-refractivity contribution in [1.82, 2.24) is 0 Å². The summed E-state index contributed by atoms with van der Waals surface area (Å²) in [5.41, 5.74) is 2.58. The number of aliphatic hydroxyl groups is 4. The molecule has 0 bridgehead atoms. The Hall–Kier alpha value is -2.82. The summed E-state index contributed by atoms with van der Waals surface area (Å²) in [6.07, 6.45) is -2.66. The SMILES string of the molecule is COc1cc(CCCO[C@H]2C[C@H](CO)[C@H](O)[C@@H](O)[C@H]2O)cc2cc(-c3ccc4c(c3)OCO4)oc12. The molecule has 0 spiro atoms. The predicted octanol–water partition coefficient (Wildman–Crippen LogP) is 2.25. The van der Waals surface area contributed by atoms with Gasteiger partial charge in [-0.15, -0.1) is 0 Å². The molecule has 1 saturated carbocycles. The Morgan fingerprint density at radius 1 is 0.971 bits per heavy atom. The molecule has 2 heterocycles. The van der Waals surface area contributed by atoms with Gasteiger partial charge in [0.05, 0.1) is 19.3 Å². The van der Waals surface area contributed by atoms with Gasteiger partial charge in [0.2, 0.25) is 6.79 Å². The quantitative estimate of drug-likeness (QED) is 0.354. The van der Waals surface area contributed by atoms with Gasteiger partial charge in [-0.25, -0.2) is 0 Å². The second kappa shape index (κ2) is 10.0. The van der Waals surface area contributed by atoms with Crippen molar-refractivity contribution >= 4 is 11.0 Å². The molecule has 4 N–H and O–H groups in total. The Labute approximate surface area is 202 Å². The lowest BCUT2D eigenvalue weighted by atomic mass is 9.81. The normalized spacial score (nSPS) is 25.8. The van der Waals surface area contributed by atoms with Crippen molar-refractivity contribution in [2.45, 2.75) is 43.7 Å². The van der Waals surface area contributed by atoms with Crippen molar-refractivity contribution < 1.29 is 43.8 Å². The minimum absolute atomic E-state index is 0.212. The summed E-state index contributed by atoms with van der Waals surface area (Å²) in [4.78, 5) is 0. The molecule has 0 amide bonds. The maximum Gasteiger partial charge on any atom is 0.231 e. The second-order valence-corrected chi connectivity index (χ2v) is 9.06. The van der Waals surface area contributed by atoms with Gasteiger partial charge in [-0.1, -0.05) is 0 Å². The van der Waals surface area contributed by atoms with Crippen LogP contribution in [0.2, 0.25) is 0 Å². The third-order valence-electron chi connectivity index (χ3n) is 6.79. The zero-order valence-corrected chi connectivity index (χ0v) is 19.4. The van der Waals surface area contributed by atoms with E-state index in [1.54, 1.807) is 7.11 Å². The van der Waals surface area contributed by atoms with E-state index in [1.807, 2.05) is 30.3 Å². The first-order valence-electron chi connectivity index (χ1n) is 11.8. The van der Waals surface area contributed by atoms with E-state index in [-0.39, 0.29) is 19.8 Å². The smallest absolute Gasteiger partial charge is 0.231 e. The van der Waals surface area contributed by atoms with Crippen molar-refractivity contribution in [2.24, 2.45) is 5.92 Å². The molecule has 0 saturated heterocycles. The van der Waals surface area contributed by atoms with E-state index in [0.717, 1.165) is 16.5 Å². The van der Waals surface area contributed by atoms with E-state index in [2.05, 4.69) is 6.07 Å². The molecule has 9 nitrogen and oxygen atoms in total. The maximum absolute atomic E-state index is 10.2. The van der Waals surface area contributed by atoms with E-state index in [4.69, 9.17) is 23.4 Å². The Morgan fingerprint density at radius 2 is 1.80 bits per heavy atom. The summed E-state index contributed by atoms with van der Waals surface area (Å²) in [6.45, 7) is 0.296. The van der Waals surface area contributed by atoms with Crippen molar-refractivity contribution in [1.29, 1.82) is 0 Å². The molecular weight excluding hydrogens is 456 g/mol. The number of aryl methyl sites for hydroxylation is 1. The molecule has 2 aromatic carbocycles. The minimum atomic E-state index is -1.34. The number of fused-ring (bicyclic) bond motifs is 2. The lowest BCUT2D eigenvalue weighted by molar-refractivity contribution is -0.178. The fourth-order valence-electron chi connectivity index (χ4n) is 4.81. The summed E-state index contributed by atoms with van der Waals surface area (Å²) in [6, 6.07) is 11.6. The Morgan fingerprint density at radius 3 is 2.60 bits per heavy atom. The van der Waals surface area contributed by atoms with Crippen LogP contribution in [0, 0.1) is 5.92 Å². The predicted molar refractivity (Wildman–Crippen MR) is 126 cm³/mol. The number of ether oxygens (including phenoxy) is 4. The topological polar surface area (TPSA) is 131 Å². The molecule has 35 heavy (non-hydrogen) atoms. The van der Waals surface area contributed by atoms with Gasteiger partial charge in [0, 0.05) is 30.1 Å². The zero-order chi connectivity index (χ0) is 24.5. The molecular formula is C26H30O9. The number of methoxy groups -OCH3 is 1. The van der Waals surface area contributed by atoms with Gasteiger partial charge in [0.15, 0.2) is 22.8 Å². The van der Waals surface area contributed by atoms with E-state index in [1.165, 1.54) is 0 Å². The molecule has 0 radical (unpaired) electrons. The van der Waals surface area contributed by atoms with Crippen LogP contribution in [-0.2, 0) is 11.2 Å². The number of furan rings is 1. The fraction of sp³-hybridized carbons (Fsp3) is 0.462. The number of hydrogen-bond donors (Lipinski definition) is 4. The third-order valence-corrected chi connectivity index (χ3v) is 6.79. The first kappa shape index (κ1) is 23.9. The molecule has 1 aromatic heterocycles. The third kappa shape index (κ3) is 4.70. The highest BCUT2D eigenvalue weighted by atomic mass is 16.7. The van der Waals surface area contributed by atoms with Crippen LogP contribution in [0.4, 0.5) is 0 Å². The molecule has 1 fully saturated rings. The van der Waals surface area contributed by atoms with Crippen LogP contribution in [-0.4, -0.2) is 72.0 Å². The first-order chi connectivity index (χ1) is 17.0. The summed E-state index contributed by atoms with van der Waals surface area (Å²) in [5.74, 6) is 2.21. The highest BCUT2D eigenvalue weighted by Gasteiger charge is 2.42. The monoisotopic (exact) mass is 486 g/mol. The summed E-state index contributed by atoms with van der Waals surface area (Å²) >= 11 is 0. The van der Waals surface area contributed by atoms with Crippen LogP contribution in [0.25, 0.3) is 22.3 Å². The summed E-state index contributed by atoms with van der Waals surface area (Å²) < 4.78 is 28.3. The molecule has 5 rings (SSSR count).